The number of amides is 1. The lowest BCUT2D eigenvalue weighted by Gasteiger charge is -2.34. The van der Waals surface area contributed by atoms with Crippen molar-refractivity contribution in [1.29, 1.82) is 0 Å². The molecule has 32 heavy (non-hydrogen) atoms. The van der Waals surface area contributed by atoms with Gasteiger partial charge in [0.15, 0.2) is 11.9 Å². The van der Waals surface area contributed by atoms with Gasteiger partial charge in [0, 0.05) is 10.0 Å². The number of fused-ring (bicyclic) bond motifs is 1. The molecule has 0 saturated carbocycles. The van der Waals surface area contributed by atoms with Crippen molar-refractivity contribution in [1.82, 2.24) is 0 Å². The first kappa shape index (κ1) is 22.3. The second kappa shape index (κ2) is 8.90. The molecule has 1 atom stereocenters. The predicted octanol–water partition coefficient (Wildman–Crippen LogP) is 4.95. The zero-order valence-corrected chi connectivity index (χ0v) is 19.1. The van der Waals surface area contributed by atoms with Gasteiger partial charge in [-0.15, -0.1) is 0 Å². The highest BCUT2D eigenvalue weighted by atomic mass is 35.5. The van der Waals surface area contributed by atoms with Gasteiger partial charge in [-0.05, 0) is 48.5 Å². The van der Waals surface area contributed by atoms with Gasteiger partial charge in [-0.2, -0.15) is 0 Å². The predicted molar refractivity (Wildman–Crippen MR) is 125 cm³/mol. The van der Waals surface area contributed by atoms with E-state index in [-0.39, 0.29) is 18.0 Å². The highest BCUT2D eigenvalue weighted by molar-refractivity contribution is 7.92. The normalized spacial score (nSPS) is 15.5. The molecular weight excluding hydrogens is 475 g/mol. The molecule has 0 aliphatic carbocycles. The van der Waals surface area contributed by atoms with Gasteiger partial charge in [0.1, 0.15) is 11.5 Å². The summed E-state index contributed by atoms with van der Waals surface area (Å²) in [6, 6.07) is 18.4. The van der Waals surface area contributed by atoms with Crippen LogP contribution in [0.1, 0.15) is 0 Å². The molecule has 10 heteroatoms. The minimum atomic E-state index is -3.68. The van der Waals surface area contributed by atoms with Gasteiger partial charge in [-0.1, -0.05) is 41.4 Å². The fourth-order valence-electron chi connectivity index (χ4n) is 3.19. The number of hydrogen-bond donors (Lipinski definition) is 1. The first-order valence-corrected chi connectivity index (χ1v) is 12.1. The van der Waals surface area contributed by atoms with E-state index < -0.39 is 22.0 Å². The Kier molecular flexibility index (Phi) is 6.19. The quantitative estimate of drug-likeness (QED) is 0.544. The van der Waals surface area contributed by atoms with Crippen LogP contribution in [0.25, 0.3) is 0 Å². The molecule has 0 spiro atoms. The Bertz CT molecular complexity index is 1270. The Morgan fingerprint density at radius 1 is 1.06 bits per heavy atom. The van der Waals surface area contributed by atoms with E-state index >= 15 is 0 Å². The summed E-state index contributed by atoms with van der Waals surface area (Å²) in [5.41, 5.74) is 0.600. The third-order valence-corrected chi connectivity index (χ3v) is 6.27. The first-order valence-electron chi connectivity index (χ1n) is 9.48. The van der Waals surface area contributed by atoms with Crippen molar-refractivity contribution >= 4 is 50.5 Å². The molecule has 7 nitrogen and oxygen atoms in total. The molecule has 0 unspecified atom stereocenters. The molecular formula is C22H18Cl2N2O5S. The topological polar surface area (TPSA) is 84.9 Å². The van der Waals surface area contributed by atoms with E-state index in [0.29, 0.717) is 27.2 Å². The van der Waals surface area contributed by atoms with Crippen molar-refractivity contribution in [2.45, 2.75) is 6.10 Å². The lowest BCUT2D eigenvalue weighted by atomic mass is 10.2. The van der Waals surface area contributed by atoms with Crippen molar-refractivity contribution < 1.29 is 22.7 Å². The van der Waals surface area contributed by atoms with Crippen LogP contribution >= 0.6 is 23.2 Å². The number of sulfonamides is 1. The van der Waals surface area contributed by atoms with Crippen LogP contribution in [0.4, 0.5) is 11.4 Å². The zero-order valence-electron chi connectivity index (χ0n) is 16.8. The van der Waals surface area contributed by atoms with Crippen LogP contribution in [-0.4, -0.2) is 33.2 Å². The van der Waals surface area contributed by atoms with Crippen molar-refractivity contribution in [2.75, 3.05) is 22.4 Å². The monoisotopic (exact) mass is 492 g/mol. The van der Waals surface area contributed by atoms with E-state index in [1.165, 1.54) is 12.1 Å². The zero-order chi connectivity index (χ0) is 22.9. The number of hydrogen-bond acceptors (Lipinski definition) is 5. The maximum absolute atomic E-state index is 13.1. The van der Waals surface area contributed by atoms with E-state index in [9.17, 15) is 13.2 Å². The molecule has 0 radical (unpaired) electrons. The van der Waals surface area contributed by atoms with Gasteiger partial charge in [0.2, 0.25) is 10.0 Å². The fraction of sp³-hybridized carbons (Fsp3) is 0.136. The third-order valence-electron chi connectivity index (χ3n) is 4.65. The molecule has 1 N–H and O–H groups in total. The number of rotatable bonds is 5. The molecule has 166 valence electrons. The van der Waals surface area contributed by atoms with Crippen LogP contribution in [0.3, 0.4) is 0 Å². The van der Waals surface area contributed by atoms with E-state index in [1.807, 2.05) is 18.2 Å². The SMILES string of the molecule is CS(=O)(=O)N1C[C@@H](C(=O)Nc2cc(Cl)ccc2Oc2ccccc2)Oc2ccc(Cl)cc21. The summed E-state index contributed by atoms with van der Waals surface area (Å²) in [5, 5.41) is 3.48. The number of benzene rings is 3. The summed E-state index contributed by atoms with van der Waals surface area (Å²) in [5.74, 6) is 0.628. The largest absolute Gasteiger partial charge is 0.476 e. The summed E-state index contributed by atoms with van der Waals surface area (Å²) >= 11 is 12.1. The van der Waals surface area contributed by atoms with E-state index in [2.05, 4.69) is 5.32 Å². The highest BCUT2D eigenvalue weighted by Gasteiger charge is 2.35. The van der Waals surface area contributed by atoms with Gasteiger partial charge in [-0.25, -0.2) is 8.42 Å². The number of halogens is 2. The lowest BCUT2D eigenvalue weighted by molar-refractivity contribution is -0.122. The first-order chi connectivity index (χ1) is 15.2. The van der Waals surface area contributed by atoms with Crippen molar-refractivity contribution in [3.63, 3.8) is 0 Å². The Balaban J connectivity index is 1.61. The molecule has 0 fully saturated rings. The standard InChI is InChI=1S/C22H18Cl2N2O5S/c1-32(28,29)26-13-21(31-20-10-8-15(24)12-18(20)26)22(27)25-17-11-14(23)7-9-19(17)30-16-5-3-2-4-6-16/h2-12,21H,13H2,1H3,(H,25,27)/t21-/m0/s1. The maximum Gasteiger partial charge on any atom is 0.267 e. The second-order valence-corrected chi connectivity index (χ2v) is 9.84. The van der Waals surface area contributed by atoms with E-state index in [1.54, 1.807) is 36.4 Å². The number of carbonyl (C=O) groups excluding carboxylic acids is 1. The fourth-order valence-corrected chi connectivity index (χ4v) is 4.44. The number of ether oxygens (including phenoxy) is 2. The van der Waals surface area contributed by atoms with Gasteiger partial charge < -0.3 is 14.8 Å². The second-order valence-electron chi connectivity index (χ2n) is 7.06. The van der Waals surface area contributed by atoms with Crippen LogP contribution < -0.4 is 19.1 Å². The Morgan fingerprint density at radius 3 is 2.47 bits per heavy atom. The number of nitrogens with one attached hydrogen (secondary N) is 1. The molecule has 3 aromatic carbocycles. The smallest absolute Gasteiger partial charge is 0.267 e. The molecule has 3 aromatic rings. The molecule has 1 aliphatic heterocycles. The van der Waals surface area contributed by atoms with Crippen molar-refractivity contribution in [3.05, 3.63) is 76.8 Å². The average molecular weight is 493 g/mol. The van der Waals surface area contributed by atoms with Gasteiger partial charge in [0.05, 0.1) is 24.2 Å². The Labute approximate surface area is 195 Å². The average Bonchev–Trinajstić information content (AvgIpc) is 2.75. The summed E-state index contributed by atoms with van der Waals surface area (Å²) in [4.78, 5) is 13.1. The lowest BCUT2D eigenvalue weighted by Crippen LogP contribution is -2.48. The Hall–Kier alpha value is -2.94. The molecule has 1 aliphatic rings. The third kappa shape index (κ3) is 4.93. The van der Waals surface area contributed by atoms with Crippen molar-refractivity contribution in [3.8, 4) is 17.2 Å². The number of carbonyl (C=O) groups is 1. The van der Waals surface area contributed by atoms with E-state index in [4.69, 9.17) is 32.7 Å². The van der Waals surface area contributed by atoms with Gasteiger partial charge in [0.25, 0.3) is 5.91 Å². The number of para-hydroxylation sites is 1. The van der Waals surface area contributed by atoms with Crippen LogP contribution in [0.2, 0.25) is 10.0 Å². The number of anilines is 2. The minimum Gasteiger partial charge on any atom is -0.476 e. The molecule has 4 rings (SSSR count). The van der Waals surface area contributed by atoms with Crippen LogP contribution in [0.5, 0.6) is 17.2 Å². The van der Waals surface area contributed by atoms with Crippen LogP contribution in [0.15, 0.2) is 66.7 Å². The summed E-state index contributed by atoms with van der Waals surface area (Å²) < 4.78 is 37.4. The van der Waals surface area contributed by atoms with Crippen LogP contribution in [0, 0.1) is 0 Å². The molecule has 0 saturated heterocycles. The molecule has 1 heterocycles. The number of nitrogens with zero attached hydrogens (tertiary/aromatic N) is 1. The van der Waals surface area contributed by atoms with Gasteiger partial charge in [-0.3, -0.25) is 9.10 Å². The maximum atomic E-state index is 13.1. The van der Waals surface area contributed by atoms with Gasteiger partial charge >= 0.3 is 0 Å². The highest BCUT2D eigenvalue weighted by Crippen LogP contribution is 2.38. The molecule has 1 amide bonds. The molecule has 0 aromatic heterocycles. The van der Waals surface area contributed by atoms with Crippen molar-refractivity contribution in [2.24, 2.45) is 0 Å². The Morgan fingerprint density at radius 2 is 1.75 bits per heavy atom. The minimum absolute atomic E-state index is 0.215. The summed E-state index contributed by atoms with van der Waals surface area (Å²) in [7, 11) is -3.68. The summed E-state index contributed by atoms with van der Waals surface area (Å²) in [6.07, 6.45) is -0.0530. The van der Waals surface area contributed by atoms with E-state index in [0.717, 1.165) is 10.6 Å². The van der Waals surface area contributed by atoms with Crippen LogP contribution in [-0.2, 0) is 14.8 Å². The summed E-state index contributed by atoms with van der Waals surface area (Å²) in [6.45, 7) is -0.215. The molecule has 0 bridgehead atoms.